The molecule has 2 aromatic rings. The van der Waals surface area contributed by atoms with Crippen LogP contribution in [0.1, 0.15) is 25.2 Å². The molecule has 0 atom stereocenters. The largest absolute Gasteiger partial charge is 0.473 e. The molecule has 0 bridgehead atoms. The minimum atomic E-state index is 0.00279. The standard InChI is InChI=1S/C13H18N6O/c1-8(2)20-13-11(14)12(18-7-19-13)17-6-10-5-15-9(3)4-16-10/h4-5,7-8H,6,14H2,1-3H3,(H,17,18,19). The predicted octanol–water partition coefficient (Wildman–Crippen LogP) is 1.56. The van der Waals surface area contributed by atoms with Crippen LogP contribution >= 0.6 is 0 Å². The van der Waals surface area contributed by atoms with E-state index in [2.05, 4.69) is 25.3 Å². The summed E-state index contributed by atoms with van der Waals surface area (Å²) >= 11 is 0. The van der Waals surface area contributed by atoms with E-state index in [9.17, 15) is 0 Å². The van der Waals surface area contributed by atoms with Gasteiger partial charge in [0.15, 0.2) is 5.82 Å². The number of aryl methyl sites for hydroxylation is 1. The molecule has 0 aliphatic carbocycles. The monoisotopic (exact) mass is 274 g/mol. The van der Waals surface area contributed by atoms with Crippen molar-refractivity contribution in [1.29, 1.82) is 0 Å². The Balaban J connectivity index is 2.07. The van der Waals surface area contributed by atoms with Gasteiger partial charge in [-0.3, -0.25) is 9.97 Å². The number of nitrogens with one attached hydrogen (secondary N) is 1. The molecule has 2 rings (SSSR count). The third-order valence-electron chi connectivity index (χ3n) is 2.47. The summed E-state index contributed by atoms with van der Waals surface area (Å²) in [5.41, 5.74) is 8.04. The normalized spacial score (nSPS) is 10.6. The van der Waals surface area contributed by atoms with Crippen LogP contribution in [0.25, 0.3) is 0 Å². The lowest BCUT2D eigenvalue weighted by Crippen LogP contribution is -2.12. The van der Waals surface area contributed by atoms with Crippen molar-refractivity contribution < 1.29 is 4.74 Å². The lowest BCUT2D eigenvalue weighted by molar-refractivity contribution is 0.234. The maximum atomic E-state index is 5.97. The van der Waals surface area contributed by atoms with Crippen LogP contribution in [0.3, 0.4) is 0 Å². The molecule has 7 heteroatoms. The van der Waals surface area contributed by atoms with E-state index in [1.54, 1.807) is 12.4 Å². The summed E-state index contributed by atoms with van der Waals surface area (Å²) in [6.07, 6.45) is 4.85. The second-order valence-corrected chi connectivity index (χ2v) is 4.61. The number of anilines is 2. The minimum absolute atomic E-state index is 0.00279. The molecule has 0 aromatic carbocycles. The summed E-state index contributed by atoms with van der Waals surface area (Å²) in [5.74, 6) is 0.908. The summed E-state index contributed by atoms with van der Waals surface area (Å²) in [7, 11) is 0. The first kappa shape index (κ1) is 14.0. The van der Waals surface area contributed by atoms with E-state index < -0.39 is 0 Å². The van der Waals surface area contributed by atoms with Crippen LogP contribution in [0.4, 0.5) is 11.5 Å². The number of hydrogen-bond acceptors (Lipinski definition) is 7. The summed E-state index contributed by atoms with van der Waals surface area (Å²) in [4.78, 5) is 16.6. The van der Waals surface area contributed by atoms with Gasteiger partial charge in [-0.1, -0.05) is 0 Å². The van der Waals surface area contributed by atoms with Crippen LogP contribution in [-0.4, -0.2) is 26.0 Å². The zero-order valence-corrected chi connectivity index (χ0v) is 11.8. The molecule has 0 radical (unpaired) electrons. The van der Waals surface area contributed by atoms with E-state index in [0.29, 0.717) is 23.9 Å². The Labute approximate surface area is 117 Å². The molecule has 0 aliphatic heterocycles. The van der Waals surface area contributed by atoms with Crippen molar-refractivity contribution >= 4 is 11.5 Å². The van der Waals surface area contributed by atoms with Gasteiger partial charge in [-0.05, 0) is 20.8 Å². The number of hydrogen-bond donors (Lipinski definition) is 2. The zero-order chi connectivity index (χ0) is 14.5. The van der Waals surface area contributed by atoms with E-state index >= 15 is 0 Å². The highest BCUT2D eigenvalue weighted by Gasteiger charge is 2.10. The first-order chi connectivity index (χ1) is 9.56. The van der Waals surface area contributed by atoms with Crippen LogP contribution < -0.4 is 15.8 Å². The van der Waals surface area contributed by atoms with E-state index in [-0.39, 0.29) is 6.10 Å². The van der Waals surface area contributed by atoms with Crippen molar-refractivity contribution in [2.75, 3.05) is 11.1 Å². The molecule has 2 heterocycles. The number of ether oxygens (including phenoxy) is 1. The average Bonchev–Trinajstić information content (AvgIpc) is 2.41. The molecular formula is C13H18N6O. The topological polar surface area (TPSA) is 98.8 Å². The van der Waals surface area contributed by atoms with E-state index in [4.69, 9.17) is 10.5 Å². The minimum Gasteiger partial charge on any atom is -0.473 e. The molecule has 2 aromatic heterocycles. The lowest BCUT2D eigenvalue weighted by Gasteiger charge is -2.13. The number of nitrogen functional groups attached to an aromatic ring is 1. The maximum absolute atomic E-state index is 5.97. The molecule has 3 N–H and O–H groups in total. The Kier molecular flexibility index (Phi) is 4.29. The van der Waals surface area contributed by atoms with Gasteiger partial charge in [-0.2, -0.15) is 4.98 Å². The van der Waals surface area contributed by atoms with Gasteiger partial charge in [0.2, 0.25) is 5.88 Å². The molecule has 0 unspecified atom stereocenters. The van der Waals surface area contributed by atoms with Gasteiger partial charge in [0.1, 0.15) is 12.0 Å². The van der Waals surface area contributed by atoms with Crippen molar-refractivity contribution in [3.8, 4) is 5.88 Å². The van der Waals surface area contributed by atoms with E-state index in [1.807, 2.05) is 20.8 Å². The SMILES string of the molecule is Cc1cnc(CNc2ncnc(OC(C)C)c2N)cn1. The highest BCUT2D eigenvalue weighted by atomic mass is 16.5. The third kappa shape index (κ3) is 3.53. The fraction of sp³-hybridized carbons (Fsp3) is 0.385. The Hall–Kier alpha value is -2.44. The fourth-order valence-corrected chi connectivity index (χ4v) is 1.52. The Morgan fingerprint density at radius 2 is 2.00 bits per heavy atom. The summed E-state index contributed by atoms with van der Waals surface area (Å²) < 4.78 is 5.51. The molecule has 0 amide bonds. The van der Waals surface area contributed by atoms with Gasteiger partial charge < -0.3 is 15.8 Å². The van der Waals surface area contributed by atoms with Gasteiger partial charge in [0.05, 0.1) is 30.2 Å². The van der Waals surface area contributed by atoms with Crippen LogP contribution in [0.5, 0.6) is 5.88 Å². The fourth-order valence-electron chi connectivity index (χ4n) is 1.52. The van der Waals surface area contributed by atoms with Gasteiger partial charge in [0, 0.05) is 6.20 Å². The van der Waals surface area contributed by atoms with Crippen molar-refractivity contribution in [3.05, 3.63) is 30.1 Å². The molecule has 7 nitrogen and oxygen atoms in total. The second-order valence-electron chi connectivity index (χ2n) is 4.61. The Morgan fingerprint density at radius 1 is 1.20 bits per heavy atom. The molecule has 106 valence electrons. The molecule has 0 saturated carbocycles. The molecule has 20 heavy (non-hydrogen) atoms. The van der Waals surface area contributed by atoms with Crippen LogP contribution in [0, 0.1) is 6.92 Å². The highest BCUT2D eigenvalue weighted by Crippen LogP contribution is 2.25. The quantitative estimate of drug-likeness (QED) is 0.853. The van der Waals surface area contributed by atoms with Crippen molar-refractivity contribution in [3.63, 3.8) is 0 Å². The maximum Gasteiger partial charge on any atom is 0.242 e. The van der Waals surface area contributed by atoms with Crippen molar-refractivity contribution in [2.45, 2.75) is 33.4 Å². The lowest BCUT2D eigenvalue weighted by atomic mass is 10.4. The van der Waals surface area contributed by atoms with Gasteiger partial charge >= 0.3 is 0 Å². The Bertz CT molecular complexity index is 570. The summed E-state index contributed by atoms with van der Waals surface area (Å²) in [6, 6.07) is 0. The number of rotatable bonds is 5. The van der Waals surface area contributed by atoms with E-state index in [0.717, 1.165) is 11.4 Å². The highest BCUT2D eigenvalue weighted by molar-refractivity contribution is 5.66. The number of nitrogens with zero attached hydrogens (tertiary/aromatic N) is 4. The zero-order valence-electron chi connectivity index (χ0n) is 11.8. The second kappa shape index (κ2) is 6.14. The van der Waals surface area contributed by atoms with Gasteiger partial charge in [-0.15, -0.1) is 0 Å². The number of nitrogens with two attached hydrogens (primary N) is 1. The third-order valence-corrected chi connectivity index (χ3v) is 2.47. The molecule has 0 fully saturated rings. The molecular weight excluding hydrogens is 256 g/mol. The summed E-state index contributed by atoms with van der Waals surface area (Å²) in [6.45, 7) is 6.20. The summed E-state index contributed by atoms with van der Waals surface area (Å²) in [5, 5.41) is 3.10. The van der Waals surface area contributed by atoms with Crippen LogP contribution in [0.2, 0.25) is 0 Å². The molecule has 0 spiro atoms. The predicted molar refractivity (Wildman–Crippen MR) is 76.3 cm³/mol. The molecule has 0 aliphatic rings. The van der Waals surface area contributed by atoms with Crippen molar-refractivity contribution in [2.24, 2.45) is 0 Å². The number of aromatic nitrogens is 4. The van der Waals surface area contributed by atoms with Gasteiger partial charge in [0.25, 0.3) is 0 Å². The smallest absolute Gasteiger partial charge is 0.242 e. The van der Waals surface area contributed by atoms with Gasteiger partial charge in [-0.25, -0.2) is 4.98 Å². The van der Waals surface area contributed by atoms with Crippen LogP contribution in [0.15, 0.2) is 18.7 Å². The average molecular weight is 274 g/mol. The first-order valence-corrected chi connectivity index (χ1v) is 6.34. The van der Waals surface area contributed by atoms with E-state index in [1.165, 1.54) is 6.33 Å². The Morgan fingerprint density at radius 3 is 2.65 bits per heavy atom. The molecule has 0 saturated heterocycles. The first-order valence-electron chi connectivity index (χ1n) is 6.34. The van der Waals surface area contributed by atoms with Crippen LogP contribution in [-0.2, 0) is 6.54 Å². The van der Waals surface area contributed by atoms with Crippen molar-refractivity contribution in [1.82, 2.24) is 19.9 Å².